The molecule has 5 nitrogen and oxygen atoms in total. The highest BCUT2D eigenvalue weighted by Gasteiger charge is 2.21. The van der Waals surface area contributed by atoms with Crippen molar-refractivity contribution >= 4 is 15.7 Å². The van der Waals surface area contributed by atoms with Crippen LogP contribution in [0.15, 0.2) is 29.2 Å². The summed E-state index contributed by atoms with van der Waals surface area (Å²) in [4.78, 5) is 0.279. The number of hydrogen-bond acceptors (Lipinski definition) is 4. The first-order valence-corrected chi connectivity index (χ1v) is 8.84. The molecule has 1 aromatic rings. The molecule has 0 saturated heterocycles. The van der Waals surface area contributed by atoms with E-state index < -0.39 is 10.0 Å². The number of nitrogens with one attached hydrogen (secondary N) is 2. The van der Waals surface area contributed by atoms with E-state index in [0.717, 1.165) is 6.42 Å². The van der Waals surface area contributed by atoms with Crippen molar-refractivity contribution in [3.05, 3.63) is 24.3 Å². The summed E-state index contributed by atoms with van der Waals surface area (Å²) in [5.74, 6) is 0.363. The Morgan fingerprint density at radius 3 is 2.29 bits per heavy atom. The van der Waals surface area contributed by atoms with Gasteiger partial charge in [-0.25, -0.2) is 13.1 Å². The lowest BCUT2D eigenvalue weighted by Gasteiger charge is -2.24. The first-order valence-electron chi connectivity index (χ1n) is 7.36. The maximum atomic E-state index is 12.4. The summed E-state index contributed by atoms with van der Waals surface area (Å²) in [5, 5.41) is 3.33. The molecule has 1 atom stereocenters. The van der Waals surface area contributed by atoms with Crippen LogP contribution in [0.1, 0.15) is 34.1 Å². The molecule has 6 heteroatoms. The van der Waals surface area contributed by atoms with Crippen LogP contribution >= 0.6 is 0 Å². The van der Waals surface area contributed by atoms with Gasteiger partial charge in [0.05, 0.1) is 5.69 Å². The average molecular weight is 313 g/mol. The normalized spacial score (nSPS) is 13.7. The van der Waals surface area contributed by atoms with E-state index in [9.17, 15) is 8.42 Å². The number of anilines is 1. The molecule has 0 heterocycles. The first-order chi connectivity index (χ1) is 9.77. The highest BCUT2D eigenvalue weighted by Crippen LogP contribution is 2.23. The molecule has 0 aliphatic heterocycles. The summed E-state index contributed by atoms with van der Waals surface area (Å²) in [6.07, 6.45) is 0.795. The quantitative estimate of drug-likeness (QED) is 0.686. The second-order valence-corrected chi connectivity index (χ2v) is 7.53. The van der Waals surface area contributed by atoms with Crippen molar-refractivity contribution in [2.75, 3.05) is 11.9 Å². The van der Waals surface area contributed by atoms with Crippen molar-refractivity contribution in [2.45, 2.75) is 51.1 Å². The predicted molar refractivity (Wildman–Crippen MR) is 87.8 cm³/mol. The summed E-state index contributed by atoms with van der Waals surface area (Å²) in [6, 6.07) is 6.97. The van der Waals surface area contributed by atoms with E-state index in [4.69, 9.17) is 5.73 Å². The van der Waals surface area contributed by atoms with Crippen LogP contribution in [0.3, 0.4) is 0 Å². The van der Waals surface area contributed by atoms with E-state index in [-0.39, 0.29) is 17.0 Å². The fourth-order valence-electron chi connectivity index (χ4n) is 2.15. The molecule has 0 spiro atoms. The summed E-state index contributed by atoms with van der Waals surface area (Å²) < 4.78 is 27.4. The maximum absolute atomic E-state index is 12.4. The molecule has 0 aliphatic rings. The topological polar surface area (TPSA) is 84.2 Å². The Labute approximate surface area is 128 Å². The minimum absolute atomic E-state index is 0.144. The molecular formula is C15H27N3O2S. The number of hydrogen-bond donors (Lipinski definition) is 3. The first kappa shape index (κ1) is 17.9. The third-order valence-corrected chi connectivity index (χ3v) is 4.91. The number of rotatable bonds is 8. The Kier molecular flexibility index (Phi) is 6.64. The zero-order chi connectivity index (χ0) is 16.0. The van der Waals surface area contributed by atoms with Crippen LogP contribution in [-0.2, 0) is 10.0 Å². The van der Waals surface area contributed by atoms with Crippen LogP contribution in [0.5, 0.6) is 0 Å². The zero-order valence-electron chi connectivity index (χ0n) is 13.3. The third kappa shape index (κ3) is 5.30. The summed E-state index contributed by atoms with van der Waals surface area (Å²) in [5.41, 5.74) is 6.26. The van der Waals surface area contributed by atoms with E-state index in [1.54, 1.807) is 32.0 Å². The van der Waals surface area contributed by atoms with Crippen molar-refractivity contribution in [1.29, 1.82) is 0 Å². The Balaban J connectivity index is 3.09. The zero-order valence-corrected chi connectivity index (χ0v) is 14.1. The summed E-state index contributed by atoms with van der Waals surface area (Å²) in [7, 11) is -3.52. The molecule has 0 aromatic heterocycles. The van der Waals surface area contributed by atoms with E-state index in [1.165, 1.54) is 0 Å². The Morgan fingerprint density at radius 2 is 1.76 bits per heavy atom. The van der Waals surface area contributed by atoms with E-state index >= 15 is 0 Å². The molecule has 1 rings (SSSR count). The fourth-order valence-corrected chi connectivity index (χ4v) is 3.57. The average Bonchev–Trinajstić information content (AvgIpc) is 2.37. The molecular weight excluding hydrogens is 286 g/mol. The van der Waals surface area contributed by atoms with E-state index in [0.29, 0.717) is 18.2 Å². The van der Waals surface area contributed by atoms with Gasteiger partial charge in [0.25, 0.3) is 0 Å². The number of nitrogens with two attached hydrogens (primary N) is 1. The number of para-hydroxylation sites is 1. The van der Waals surface area contributed by atoms with Crippen LogP contribution in [0.2, 0.25) is 0 Å². The minimum atomic E-state index is -3.52. The van der Waals surface area contributed by atoms with Gasteiger partial charge in [-0.15, -0.1) is 0 Å². The van der Waals surface area contributed by atoms with Crippen molar-refractivity contribution in [3.63, 3.8) is 0 Å². The van der Waals surface area contributed by atoms with Crippen molar-refractivity contribution < 1.29 is 8.42 Å². The minimum Gasteiger partial charge on any atom is -0.381 e. The van der Waals surface area contributed by atoms with Gasteiger partial charge in [-0.2, -0.15) is 0 Å². The number of sulfonamides is 1. The van der Waals surface area contributed by atoms with Gasteiger partial charge >= 0.3 is 0 Å². The molecule has 0 aliphatic carbocycles. The Hall–Kier alpha value is -1.11. The molecule has 0 saturated carbocycles. The van der Waals surface area contributed by atoms with E-state index in [2.05, 4.69) is 23.9 Å². The van der Waals surface area contributed by atoms with Crippen LogP contribution < -0.4 is 15.8 Å². The van der Waals surface area contributed by atoms with Gasteiger partial charge < -0.3 is 11.1 Å². The standard InChI is InChI=1S/C15H27N3O2S/c1-11(2)13(9-10-16)17-14-7-5-6-8-15(14)21(19,20)18-12(3)4/h5-8,11-13,17-18H,9-10,16H2,1-4H3. The van der Waals surface area contributed by atoms with E-state index in [1.807, 2.05) is 6.07 Å². The van der Waals surface area contributed by atoms with Crippen LogP contribution in [0.25, 0.3) is 0 Å². The van der Waals surface area contributed by atoms with Crippen LogP contribution in [0.4, 0.5) is 5.69 Å². The van der Waals surface area contributed by atoms with Crippen LogP contribution in [-0.4, -0.2) is 27.0 Å². The lowest BCUT2D eigenvalue weighted by molar-refractivity contribution is 0.497. The molecule has 0 bridgehead atoms. The van der Waals surface area contributed by atoms with Gasteiger partial charge in [0, 0.05) is 12.1 Å². The molecule has 1 aromatic carbocycles. The maximum Gasteiger partial charge on any atom is 0.242 e. The summed E-state index contributed by atoms with van der Waals surface area (Å²) in [6.45, 7) is 8.36. The van der Waals surface area contributed by atoms with Crippen molar-refractivity contribution in [2.24, 2.45) is 11.7 Å². The second kappa shape index (κ2) is 7.77. The van der Waals surface area contributed by atoms with Gasteiger partial charge in [0.1, 0.15) is 4.90 Å². The molecule has 120 valence electrons. The lowest BCUT2D eigenvalue weighted by Crippen LogP contribution is -2.33. The van der Waals surface area contributed by atoms with Crippen LogP contribution in [0, 0.1) is 5.92 Å². The second-order valence-electron chi connectivity index (χ2n) is 5.84. The molecule has 4 N–H and O–H groups in total. The van der Waals surface area contributed by atoms with Gasteiger partial charge in [-0.05, 0) is 44.9 Å². The SMILES string of the molecule is CC(C)NS(=O)(=O)c1ccccc1NC(CCN)C(C)C. The van der Waals surface area contributed by atoms with Gasteiger partial charge in [0.15, 0.2) is 0 Å². The lowest BCUT2D eigenvalue weighted by atomic mass is 10.0. The molecule has 21 heavy (non-hydrogen) atoms. The smallest absolute Gasteiger partial charge is 0.242 e. The monoisotopic (exact) mass is 313 g/mol. The Morgan fingerprint density at radius 1 is 1.14 bits per heavy atom. The van der Waals surface area contributed by atoms with Gasteiger partial charge in [-0.1, -0.05) is 26.0 Å². The van der Waals surface area contributed by atoms with Gasteiger partial charge in [-0.3, -0.25) is 0 Å². The predicted octanol–water partition coefficient (Wildman–Crippen LogP) is 2.16. The molecule has 0 radical (unpaired) electrons. The fraction of sp³-hybridized carbons (Fsp3) is 0.600. The highest BCUT2D eigenvalue weighted by molar-refractivity contribution is 7.89. The molecule has 0 fully saturated rings. The summed E-state index contributed by atoms with van der Waals surface area (Å²) >= 11 is 0. The van der Waals surface area contributed by atoms with Crippen molar-refractivity contribution in [1.82, 2.24) is 4.72 Å². The third-order valence-electron chi connectivity index (χ3n) is 3.19. The largest absolute Gasteiger partial charge is 0.381 e. The Bertz CT molecular complexity index is 542. The van der Waals surface area contributed by atoms with Gasteiger partial charge in [0.2, 0.25) is 10.0 Å². The van der Waals surface area contributed by atoms with Crippen molar-refractivity contribution in [3.8, 4) is 0 Å². The molecule has 0 amide bonds. The molecule has 1 unspecified atom stereocenters. The highest BCUT2D eigenvalue weighted by atomic mass is 32.2. The number of benzene rings is 1.